The summed E-state index contributed by atoms with van der Waals surface area (Å²) in [4.78, 5) is 11.6. The van der Waals surface area contributed by atoms with Gasteiger partial charge in [-0.1, -0.05) is 36.3 Å². The van der Waals surface area contributed by atoms with E-state index in [0.29, 0.717) is 5.56 Å². The minimum Gasteiger partial charge on any atom is -0.387 e. The van der Waals surface area contributed by atoms with Crippen LogP contribution in [-0.4, -0.2) is 17.6 Å². The molecule has 1 atom stereocenters. The normalized spacial score (nSPS) is 11.1. The largest absolute Gasteiger partial charge is 0.387 e. The number of nitrogens with one attached hydrogen (secondary N) is 1. The van der Waals surface area contributed by atoms with Crippen LogP contribution in [0.2, 0.25) is 0 Å². The zero-order valence-electron chi connectivity index (χ0n) is 11.2. The summed E-state index contributed by atoms with van der Waals surface area (Å²) in [6.07, 6.45) is -0.895. The van der Waals surface area contributed by atoms with Crippen LogP contribution in [0.4, 0.5) is 4.39 Å². The molecule has 0 bridgehead atoms. The first kappa shape index (κ1) is 14.8. The van der Waals surface area contributed by atoms with Crippen molar-refractivity contribution in [2.24, 2.45) is 0 Å². The van der Waals surface area contributed by atoms with Gasteiger partial charge in [0.25, 0.3) is 5.91 Å². The van der Waals surface area contributed by atoms with Gasteiger partial charge in [0, 0.05) is 18.0 Å². The minimum absolute atomic E-state index is 0.0218. The van der Waals surface area contributed by atoms with Gasteiger partial charge in [-0.15, -0.1) is 0 Å². The Labute approximate surface area is 122 Å². The van der Waals surface area contributed by atoms with E-state index in [1.54, 1.807) is 12.1 Å². The van der Waals surface area contributed by atoms with Crippen molar-refractivity contribution in [3.8, 4) is 11.8 Å². The molecule has 2 rings (SSSR count). The Hall–Kier alpha value is -2.64. The van der Waals surface area contributed by atoms with E-state index in [-0.39, 0.29) is 12.4 Å². The smallest absolute Gasteiger partial charge is 0.296 e. The van der Waals surface area contributed by atoms with E-state index in [0.717, 1.165) is 5.56 Å². The van der Waals surface area contributed by atoms with Gasteiger partial charge >= 0.3 is 0 Å². The molecule has 0 aliphatic heterocycles. The third-order valence-electron chi connectivity index (χ3n) is 2.80. The van der Waals surface area contributed by atoms with E-state index in [1.165, 1.54) is 24.3 Å². The van der Waals surface area contributed by atoms with Gasteiger partial charge in [-0.05, 0) is 29.8 Å². The van der Waals surface area contributed by atoms with Crippen LogP contribution in [0.1, 0.15) is 17.2 Å². The lowest BCUT2D eigenvalue weighted by Crippen LogP contribution is -2.27. The molecule has 0 saturated heterocycles. The van der Waals surface area contributed by atoms with Gasteiger partial charge in [-0.3, -0.25) is 4.79 Å². The molecule has 4 heteroatoms. The van der Waals surface area contributed by atoms with Crippen LogP contribution in [0.15, 0.2) is 54.6 Å². The highest BCUT2D eigenvalue weighted by Gasteiger charge is 2.08. The van der Waals surface area contributed by atoms with Crippen molar-refractivity contribution in [1.82, 2.24) is 5.32 Å². The standard InChI is InChI=1S/C17H14FNO2/c18-15-9-7-14(8-10-15)16(20)12-19-17(21)11-6-13-4-2-1-3-5-13/h1-5,7-10,16,20H,12H2,(H,19,21). The zero-order chi connectivity index (χ0) is 15.1. The quantitative estimate of drug-likeness (QED) is 0.847. The molecule has 0 aliphatic rings. The number of hydrogen-bond acceptors (Lipinski definition) is 2. The van der Waals surface area contributed by atoms with Crippen LogP contribution in [0.25, 0.3) is 0 Å². The molecule has 2 aromatic rings. The molecule has 0 heterocycles. The lowest BCUT2D eigenvalue weighted by Gasteiger charge is -2.10. The second-order valence-corrected chi connectivity index (χ2v) is 4.39. The Bertz CT molecular complexity index is 657. The van der Waals surface area contributed by atoms with Crippen molar-refractivity contribution in [1.29, 1.82) is 0 Å². The summed E-state index contributed by atoms with van der Waals surface area (Å²) in [6.45, 7) is 0.0218. The number of aliphatic hydroxyl groups is 1. The number of carbonyl (C=O) groups excluding carboxylic acids is 1. The average Bonchev–Trinajstić information content (AvgIpc) is 2.52. The Kier molecular flexibility index (Phi) is 5.08. The van der Waals surface area contributed by atoms with Gasteiger partial charge in [-0.25, -0.2) is 4.39 Å². The zero-order valence-corrected chi connectivity index (χ0v) is 11.2. The molecular formula is C17H14FNO2. The van der Waals surface area contributed by atoms with Crippen molar-refractivity contribution in [3.05, 3.63) is 71.5 Å². The third kappa shape index (κ3) is 4.75. The predicted octanol–water partition coefficient (Wildman–Crippen LogP) is 2.03. The average molecular weight is 283 g/mol. The Morgan fingerprint density at radius 3 is 2.48 bits per heavy atom. The van der Waals surface area contributed by atoms with Gasteiger partial charge in [0.05, 0.1) is 6.10 Å². The maximum Gasteiger partial charge on any atom is 0.296 e. The summed E-state index contributed by atoms with van der Waals surface area (Å²) in [7, 11) is 0. The van der Waals surface area contributed by atoms with Gasteiger partial charge in [-0.2, -0.15) is 0 Å². The maximum absolute atomic E-state index is 12.8. The first-order valence-corrected chi connectivity index (χ1v) is 6.43. The fourth-order valence-corrected chi connectivity index (χ4v) is 1.69. The molecule has 1 unspecified atom stereocenters. The number of amides is 1. The molecule has 21 heavy (non-hydrogen) atoms. The maximum atomic E-state index is 12.8. The van der Waals surface area contributed by atoms with Crippen LogP contribution < -0.4 is 5.32 Å². The predicted molar refractivity (Wildman–Crippen MR) is 77.7 cm³/mol. The van der Waals surface area contributed by atoms with E-state index >= 15 is 0 Å². The van der Waals surface area contributed by atoms with Crippen molar-refractivity contribution in [3.63, 3.8) is 0 Å². The van der Waals surface area contributed by atoms with Crippen LogP contribution in [0.5, 0.6) is 0 Å². The number of aliphatic hydroxyl groups excluding tert-OH is 1. The van der Waals surface area contributed by atoms with Gasteiger partial charge in [0.1, 0.15) is 5.82 Å². The lowest BCUT2D eigenvalue weighted by atomic mass is 10.1. The van der Waals surface area contributed by atoms with Crippen LogP contribution >= 0.6 is 0 Å². The Morgan fingerprint density at radius 2 is 1.81 bits per heavy atom. The van der Waals surface area contributed by atoms with Crippen molar-refractivity contribution in [2.75, 3.05) is 6.54 Å². The van der Waals surface area contributed by atoms with E-state index in [1.807, 2.05) is 18.2 Å². The van der Waals surface area contributed by atoms with Crippen molar-refractivity contribution < 1.29 is 14.3 Å². The highest BCUT2D eigenvalue weighted by molar-refractivity contribution is 5.94. The minimum atomic E-state index is -0.895. The molecule has 0 fully saturated rings. The SMILES string of the molecule is O=C(C#Cc1ccccc1)NCC(O)c1ccc(F)cc1. The number of hydrogen-bond donors (Lipinski definition) is 2. The first-order valence-electron chi connectivity index (χ1n) is 6.43. The molecule has 106 valence electrons. The summed E-state index contributed by atoms with van der Waals surface area (Å²) >= 11 is 0. The van der Waals surface area contributed by atoms with Crippen molar-refractivity contribution in [2.45, 2.75) is 6.10 Å². The molecule has 0 aliphatic carbocycles. The molecular weight excluding hydrogens is 269 g/mol. The summed E-state index contributed by atoms with van der Waals surface area (Å²) in [5.41, 5.74) is 1.28. The van der Waals surface area contributed by atoms with E-state index in [9.17, 15) is 14.3 Å². The second-order valence-electron chi connectivity index (χ2n) is 4.39. The summed E-state index contributed by atoms with van der Waals surface area (Å²) in [6, 6.07) is 14.6. The van der Waals surface area contributed by atoms with E-state index in [4.69, 9.17) is 0 Å². The number of halogens is 1. The molecule has 0 radical (unpaired) electrons. The summed E-state index contributed by atoms with van der Waals surface area (Å²) < 4.78 is 12.8. The molecule has 2 aromatic carbocycles. The topological polar surface area (TPSA) is 49.3 Å². The van der Waals surface area contributed by atoms with Crippen molar-refractivity contribution >= 4 is 5.91 Å². The molecule has 3 nitrogen and oxygen atoms in total. The fourth-order valence-electron chi connectivity index (χ4n) is 1.69. The van der Waals surface area contributed by atoms with Gasteiger partial charge in [0.2, 0.25) is 0 Å². The molecule has 0 spiro atoms. The monoisotopic (exact) mass is 283 g/mol. The van der Waals surface area contributed by atoms with Crippen LogP contribution in [0.3, 0.4) is 0 Å². The summed E-state index contributed by atoms with van der Waals surface area (Å²) in [5, 5.41) is 12.4. The highest BCUT2D eigenvalue weighted by atomic mass is 19.1. The molecule has 0 saturated carbocycles. The lowest BCUT2D eigenvalue weighted by molar-refractivity contribution is -0.116. The molecule has 2 N–H and O–H groups in total. The third-order valence-corrected chi connectivity index (χ3v) is 2.80. The fraction of sp³-hybridized carbons (Fsp3) is 0.118. The van der Waals surface area contributed by atoms with E-state index in [2.05, 4.69) is 17.2 Å². The highest BCUT2D eigenvalue weighted by Crippen LogP contribution is 2.12. The van der Waals surface area contributed by atoms with Gasteiger partial charge in [0.15, 0.2) is 0 Å². The molecule has 0 aromatic heterocycles. The van der Waals surface area contributed by atoms with Crippen LogP contribution in [0, 0.1) is 17.7 Å². The Balaban J connectivity index is 1.87. The molecule has 1 amide bonds. The first-order chi connectivity index (χ1) is 10.1. The number of benzene rings is 2. The second kappa shape index (κ2) is 7.22. The van der Waals surface area contributed by atoms with Crippen LogP contribution in [-0.2, 0) is 4.79 Å². The summed E-state index contributed by atoms with van der Waals surface area (Å²) in [5.74, 6) is 4.32. The number of carbonyl (C=O) groups is 1. The number of rotatable bonds is 3. The van der Waals surface area contributed by atoms with E-state index < -0.39 is 12.0 Å². The Morgan fingerprint density at radius 1 is 1.14 bits per heavy atom. The van der Waals surface area contributed by atoms with Gasteiger partial charge < -0.3 is 10.4 Å².